The van der Waals surface area contributed by atoms with Crippen LogP contribution in [-0.4, -0.2) is 36.5 Å². The fourth-order valence-corrected chi connectivity index (χ4v) is 1.37. The minimum Gasteiger partial charge on any atom is -0.351 e. The number of rotatable bonds is 6. The normalized spacial score (nSPS) is 12.6. The quantitative estimate of drug-likeness (QED) is 0.654. The Balaban J connectivity index is 3.88. The highest BCUT2D eigenvalue weighted by Gasteiger charge is 2.10. The van der Waals surface area contributed by atoms with Gasteiger partial charge in [-0.25, -0.2) is 0 Å². The van der Waals surface area contributed by atoms with Crippen LogP contribution in [0.5, 0.6) is 0 Å². The van der Waals surface area contributed by atoms with E-state index in [4.69, 9.17) is 0 Å². The number of likely N-dealkylation sites (N-methyl/N-ethyl adjacent to an activating group) is 1. The van der Waals surface area contributed by atoms with E-state index in [9.17, 15) is 4.79 Å². The maximum atomic E-state index is 11.2. The molecule has 0 bridgehead atoms. The average Bonchev–Trinajstić information content (AvgIpc) is 2.15. The van der Waals surface area contributed by atoms with Gasteiger partial charge in [0.05, 0.1) is 0 Å². The Kier molecular flexibility index (Phi) is 6.21. The summed E-state index contributed by atoms with van der Waals surface area (Å²) in [6.45, 7) is 14.4. The van der Waals surface area contributed by atoms with Crippen molar-refractivity contribution in [1.82, 2.24) is 10.2 Å². The van der Waals surface area contributed by atoms with Crippen molar-refractivity contribution >= 4 is 5.91 Å². The van der Waals surface area contributed by atoms with Crippen LogP contribution in [0.2, 0.25) is 0 Å². The zero-order valence-corrected chi connectivity index (χ0v) is 9.76. The second-order valence-electron chi connectivity index (χ2n) is 3.56. The molecule has 0 saturated heterocycles. The molecule has 0 saturated carbocycles. The molecule has 14 heavy (non-hydrogen) atoms. The summed E-state index contributed by atoms with van der Waals surface area (Å²) in [5.41, 5.74) is 0.566. The van der Waals surface area contributed by atoms with Gasteiger partial charge in [-0.3, -0.25) is 9.69 Å². The summed E-state index contributed by atoms with van der Waals surface area (Å²) in [5.74, 6) is -0.0518. The summed E-state index contributed by atoms with van der Waals surface area (Å²) in [4.78, 5) is 13.5. The standard InChI is InChI=1S/C11H22N2O/c1-6-13(7-2)10(5)8-12-11(14)9(3)4/h10H,3,6-8H2,1-2,4-5H3,(H,12,14). The maximum Gasteiger partial charge on any atom is 0.246 e. The fourth-order valence-electron chi connectivity index (χ4n) is 1.37. The highest BCUT2D eigenvalue weighted by Crippen LogP contribution is 1.97. The fraction of sp³-hybridized carbons (Fsp3) is 0.727. The van der Waals surface area contributed by atoms with Gasteiger partial charge in [0.1, 0.15) is 0 Å². The molecule has 1 N–H and O–H groups in total. The van der Waals surface area contributed by atoms with Crippen LogP contribution in [0, 0.1) is 0 Å². The molecule has 0 aromatic carbocycles. The second kappa shape index (κ2) is 6.60. The minimum atomic E-state index is -0.0518. The molecule has 1 unspecified atom stereocenters. The van der Waals surface area contributed by atoms with Crippen LogP contribution in [0.4, 0.5) is 0 Å². The Labute approximate surface area is 87.2 Å². The van der Waals surface area contributed by atoms with E-state index in [0.29, 0.717) is 18.2 Å². The summed E-state index contributed by atoms with van der Waals surface area (Å²) < 4.78 is 0. The van der Waals surface area contributed by atoms with Crippen molar-refractivity contribution in [3.63, 3.8) is 0 Å². The van der Waals surface area contributed by atoms with Crippen molar-refractivity contribution in [2.24, 2.45) is 0 Å². The molecule has 0 aromatic rings. The lowest BCUT2D eigenvalue weighted by molar-refractivity contribution is -0.117. The summed E-state index contributed by atoms with van der Waals surface area (Å²) in [7, 11) is 0. The van der Waals surface area contributed by atoms with Gasteiger partial charge in [0.2, 0.25) is 5.91 Å². The van der Waals surface area contributed by atoms with E-state index < -0.39 is 0 Å². The third kappa shape index (κ3) is 4.42. The van der Waals surface area contributed by atoms with Gasteiger partial charge in [0, 0.05) is 18.2 Å². The predicted octanol–water partition coefficient (Wildman–Crippen LogP) is 1.41. The Morgan fingerprint density at radius 3 is 2.29 bits per heavy atom. The molecule has 0 aliphatic heterocycles. The molecule has 0 heterocycles. The van der Waals surface area contributed by atoms with Crippen LogP contribution in [-0.2, 0) is 4.79 Å². The molecule has 0 rings (SSSR count). The Morgan fingerprint density at radius 1 is 1.43 bits per heavy atom. The molecule has 3 heteroatoms. The second-order valence-corrected chi connectivity index (χ2v) is 3.56. The number of hydrogen-bond donors (Lipinski definition) is 1. The molecule has 0 radical (unpaired) electrons. The molecule has 3 nitrogen and oxygen atoms in total. The molecule has 0 spiro atoms. The number of amides is 1. The Bertz CT molecular complexity index is 197. The summed E-state index contributed by atoms with van der Waals surface area (Å²) >= 11 is 0. The molecular weight excluding hydrogens is 176 g/mol. The average molecular weight is 198 g/mol. The number of nitrogens with one attached hydrogen (secondary N) is 1. The van der Waals surface area contributed by atoms with Crippen molar-refractivity contribution in [3.05, 3.63) is 12.2 Å². The van der Waals surface area contributed by atoms with E-state index in [2.05, 4.69) is 37.6 Å². The van der Waals surface area contributed by atoms with E-state index in [1.54, 1.807) is 6.92 Å². The van der Waals surface area contributed by atoms with Gasteiger partial charge in [-0.15, -0.1) is 0 Å². The van der Waals surface area contributed by atoms with Crippen molar-refractivity contribution in [2.45, 2.75) is 33.7 Å². The van der Waals surface area contributed by atoms with E-state index in [1.165, 1.54) is 0 Å². The maximum absolute atomic E-state index is 11.2. The van der Waals surface area contributed by atoms with Gasteiger partial charge in [0.15, 0.2) is 0 Å². The van der Waals surface area contributed by atoms with Crippen LogP contribution in [0.15, 0.2) is 12.2 Å². The van der Waals surface area contributed by atoms with Crippen molar-refractivity contribution in [1.29, 1.82) is 0 Å². The highest BCUT2D eigenvalue weighted by molar-refractivity contribution is 5.92. The first-order chi connectivity index (χ1) is 6.52. The number of hydrogen-bond acceptors (Lipinski definition) is 2. The van der Waals surface area contributed by atoms with E-state index in [-0.39, 0.29) is 5.91 Å². The zero-order chi connectivity index (χ0) is 11.1. The minimum absolute atomic E-state index is 0.0518. The summed E-state index contributed by atoms with van der Waals surface area (Å²) in [5, 5.41) is 2.85. The first-order valence-electron chi connectivity index (χ1n) is 5.20. The third-order valence-electron chi connectivity index (χ3n) is 2.38. The number of carbonyl (C=O) groups excluding carboxylic acids is 1. The molecule has 0 aliphatic carbocycles. The first kappa shape index (κ1) is 13.2. The van der Waals surface area contributed by atoms with E-state index in [1.807, 2.05) is 0 Å². The monoisotopic (exact) mass is 198 g/mol. The lowest BCUT2D eigenvalue weighted by atomic mass is 10.2. The predicted molar refractivity (Wildman–Crippen MR) is 60.2 cm³/mol. The van der Waals surface area contributed by atoms with Gasteiger partial charge < -0.3 is 5.32 Å². The van der Waals surface area contributed by atoms with Gasteiger partial charge in [-0.1, -0.05) is 20.4 Å². The van der Waals surface area contributed by atoms with E-state index >= 15 is 0 Å². The topological polar surface area (TPSA) is 32.3 Å². The first-order valence-corrected chi connectivity index (χ1v) is 5.20. The Morgan fingerprint density at radius 2 is 1.93 bits per heavy atom. The van der Waals surface area contributed by atoms with Crippen LogP contribution < -0.4 is 5.32 Å². The van der Waals surface area contributed by atoms with Crippen molar-refractivity contribution < 1.29 is 4.79 Å². The smallest absolute Gasteiger partial charge is 0.246 e. The number of nitrogens with zero attached hydrogens (tertiary/aromatic N) is 1. The molecule has 1 amide bonds. The molecule has 82 valence electrons. The zero-order valence-electron chi connectivity index (χ0n) is 9.76. The lowest BCUT2D eigenvalue weighted by Crippen LogP contribution is -2.42. The van der Waals surface area contributed by atoms with Gasteiger partial charge in [0.25, 0.3) is 0 Å². The molecule has 0 fully saturated rings. The lowest BCUT2D eigenvalue weighted by Gasteiger charge is -2.26. The third-order valence-corrected chi connectivity index (χ3v) is 2.38. The van der Waals surface area contributed by atoms with Crippen LogP contribution in [0.3, 0.4) is 0 Å². The number of carbonyl (C=O) groups is 1. The van der Waals surface area contributed by atoms with Crippen molar-refractivity contribution in [3.8, 4) is 0 Å². The SMILES string of the molecule is C=C(C)C(=O)NCC(C)N(CC)CC. The van der Waals surface area contributed by atoms with E-state index in [0.717, 1.165) is 13.1 Å². The summed E-state index contributed by atoms with van der Waals surface area (Å²) in [6.07, 6.45) is 0. The molecule has 0 aromatic heterocycles. The van der Waals surface area contributed by atoms with Gasteiger partial charge in [-0.2, -0.15) is 0 Å². The van der Waals surface area contributed by atoms with Gasteiger partial charge in [-0.05, 0) is 26.9 Å². The Hall–Kier alpha value is -0.830. The van der Waals surface area contributed by atoms with Crippen molar-refractivity contribution in [2.75, 3.05) is 19.6 Å². The van der Waals surface area contributed by atoms with Crippen LogP contribution >= 0.6 is 0 Å². The van der Waals surface area contributed by atoms with Gasteiger partial charge >= 0.3 is 0 Å². The highest BCUT2D eigenvalue weighted by atomic mass is 16.1. The van der Waals surface area contributed by atoms with Crippen LogP contribution in [0.1, 0.15) is 27.7 Å². The largest absolute Gasteiger partial charge is 0.351 e. The summed E-state index contributed by atoms with van der Waals surface area (Å²) in [6, 6.07) is 0.383. The molecule has 0 aliphatic rings. The van der Waals surface area contributed by atoms with Crippen LogP contribution in [0.25, 0.3) is 0 Å². The molecule has 1 atom stereocenters. The molecular formula is C11H22N2O.